The Bertz CT molecular complexity index is 117. The second kappa shape index (κ2) is 2.80. The van der Waals surface area contributed by atoms with Crippen molar-refractivity contribution in [2.75, 3.05) is 0 Å². The summed E-state index contributed by atoms with van der Waals surface area (Å²) in [5.41, 5.74) is 0. The number of alkyl halides is 5. The first-order valence-corrected chi connectivity index (χ1v) is 2.99. The van der Waals surface area contributed by atoms with Crippen molar-refractivity contribution in [1.82, 2.24) is 0 Å². The summed E-state index contributed by atoms with van der Waals surface area (Å²) in [6.45, 7) is 0. The van der Waals surface area contributed by atoms with Gasteiger partial charge in [-0.25, -0.2) is 4.39 Å². The van der Waals surface area contributed by atoms with Gasteiger partial charge in [0.1, 0.15) is 0 Å². The molecule has 0 bridgehead atoms. The maximum absolute atomic E-state index is 11.5. The summed E-state index contributed by atoms with van der Waals surface area (Å²) in [4.78, 5) is 9.66. The van der Waals surface area contributed by atoms with Crippen LogP contribution in [0.25, 0.3) is 0 Å². The molecule has 6 heteroatoms. The van der Waals surface area contributed by atoms with Crippen molar-refractivity contribution >= 4 is 28.4 Å². The molecule has 0 rings (SSSR count). The molecular weight excluding hydrogens is 255 g/mol. The Balaban J connectivity index is 4.06. The first-order valence-electron chi connectivity index (χ1n) is 1.75. The van der Waals surface area contributed by atoms with E-state index >= 15 is 0 Å². The van der Waals surface area contributed by atoms with Gasteiger partial charge < -0.3 is 0 Å². The molecule has 1 nitrogen and oxygen atoms in total. The Kier molecular flexibility index (Phi) is 2.84. The van der Waals surface area contributed by atoms with E-state index in [1.54, 1.807) is 0 Å². The fourth-order valence-electron chi connectivity index (χ4n) is 0.124. The summed E-state index contributed by atoms with van der Waals surface area (Å²) in [6.07, 6.45) is -5.04. The summed E-state index contributed by atoms with van der Waals surface area (Å²) in [6, 6.07) is 0. The fraction of sp³-hybridized carbons (Fsp3) is 0.667. The van der Waals surface area contributed by atoms with E-state index in [1.807, 2.05) is 0 Å². The third-order valence-electron chi connectivity index (χ3n) is 0.478. The van der Waals surface area contributed by atoms with E-state index in [1.165, 1.54) is 0 Å². The zero-order chi connectivity index (χ0) is 7.65. The van der Waals surface area contributed by atoms with Crippen LogP contribution >= 0.6 is 22.6 Å². The average molecular weight is 256 g/mol. The molecule has 9 heavy (non-hydrogen) atoms. The first-order chi connectivity index (χ1) is 3.85. The molecule has 0 radical (unpaired) electrons. The van der Waals surface area contributed by atoms with Gasteiger partial charge in [-0.3, -0.25) is 4.79 Å². The molecule has 0 aliphatic rings. The van der Waals surface area contributed by atoms with E-state index < -0.39 is 16.1 Å². The lowest BCUT2D eigenvalue weighted by atomic mass is 10.4. The van der Waals surface area contributed by atoms with Crippen LogP contribution in [0.4, 0.5) is 17.6 Å². The van der Waals surface area contributed by atoms with E-state index in [0.29, 0.717) is 0 Å². The number of hydrogen-bond donors (Lipinski definition) is 0. The molecule has 1 atom stereocenters. The monoisotopic (exact) mass is 256 g/mol. The van der Waals surface area contributed by atoms with E-state index in [-0.39, 0.29) is 0 Å². The predicted octanol–water partition coefficient (Wildman–Crippen LogP) is 1.85. The summed E-state index contributed by atoms with van der Waals surface area (Å²) in [7, 11) is 0. The van der Waals surface area contributed by atoms with Crippen molar-refractivity contribution in [2.45, 2.75) is 10.4 Å². The zero-order valence-electron chi connectivity index (χ0n) is 3.88. The highest BCUT2D eigenvalue weighted by Crippen LogP contribution is 2.21. The SMILES string of the molecule is O=C(C(F)I)C(F)(F)F. The number of carbonyl (C=O) groups is 1. The van der Waals surface area contributed by atoms with Gasteiger partial charge in [0.2, 0.25) is 4.18 Å². The Hall–Kier alpha value is 0.120. The van der Waals surface area contributed by atoms with Gasteiger partial charge in [0.25, 0.3) is 5.78 Å². The first kappa shape index (κ1) is 9.12. The van der Waals surface area contributed by atoms with Crippen LogP contribution in [0, 0.1) is 0 Å². The van der Waals surface area contributed by atoms with Gasteiger partial charge in [-0.15, -0.1) is 0 Å². The van der Waals surface area contributed by atoms with Gasteiger partial charge in [0.05, 0.1) is 0 Å². The van der Waals surface area contributed by atoms with E-state index in [0.717, 1.165) is 22.6 Å². The largest absolute Gasteiger partial charge is 0.453 e. The van der Waals surface area contributed by atoms with Crippen molar-refractivity contribution in [1.29, 1.82) is 0 Å². The van der Waals surface area contributed by atoms with Crippen LogP contribution in [0.5, 0.6) is 0 Å². The zero-order valence-corrected chi connectivity index (χ0v) is 6.03. The van der Waals surface area contributed by atoms with Gasteiger partial charge in [0.15, 0.2) is 0 Å². The predicted molar refractivity (Wildman–Crippen MR) is 30.0 cm³/mol. The molecule has 0 spiro atoms. The van der Waals surface area contributed by atoms with Crippen LogP contribution in [0.2, 0.25) is 0 Å². The van der Waals surface area contributed by atoms with E-state index in [2.05, 4.69) is 0 Å². The number of halogens is 5. The summed E-state index contributed by atoms with van der Waals surface area (Å²) in [5, 5.41) is 0. The Morgan fingerprint density at radius 1 is 1.44 bits per heavy atom. The number of hydrogen-bond acceptors (Lipinski definition) is 1. The lowest BCUT2D eigenvalue weighted by Crippen LogP contribution is -2.28. The highest BCUT2D eigenvalue weighted by atomic mass is 127. The van der Waals surface area contributed by atoms with Crippen molar-refractivity contribution < 1.29 is 22.4 Å². The number of rotatable bonds is 1. The van der Waals surface area contributed by atoms with Gasteiger partial charge >= 0.3 is 6.18 Å². The maximum Gasteiger partial charge on any atom is 0.453 e. The van der Waals surface area contributed by atoms with Crippen LogP contribution < -0.4 is 0 Å². The summed E-state index contributed by atoms with van der Waals surface area (Å²) >= 11 is 0.757. The van der Waals surface area contributed by atoms with Gasteiger partial charge in [0, 0.05) is 0 Å². The smallest absolute Gasteiger partial charge is 0.285 e. The maximum atomic E-state index is 11.5. The number of carbonyl (C=O) groups excluding carboxylic acids is 1. The molecule has 0 aliphatic carbocycles. The minimum Gasteiger partial charge on any atom is -0.285 e. The fourth-order valence-corrected chi connectivity index (χ4v) is 0.477. The van der Waals surface area contributed by atoms with E-state index in [4.69, 9.17) is 0 Å². The summed E-state index contributed by atoms with van der Waals surface area (Å²) < 4.78 is 42.3. The van der Waals surface area contributed by atoms with E-state index in [9.17, 15) is 22.4 Å². The standard InChI is InChI=1S/C3HF4IO/c4-2(8)1(9)3(5,6)7/h2H. The third kappa shape index (κ3) is 2.97. The Labute approximate surface area is 61.6 Å². The molecule has 0 aliphatic heterocycles. The minimum absolute atomic E-state index is 0.757. The lowest BCUT2D eigenvalue weighted by molar-refractivity contribution is -0.172. The van der Waals surface area contributed by atoms with Crippen molar-refractivity contribution in [2.24, 2.45) is 0 Å². The van der Waals surface area contributed by atoms with Crippen LogP contribution in [-0.4, -0.2) is 16.1 Å². The molecule has 0 amide bonds. The third-order valence-corrected chi connectivity index (χ3v) is 1.04. The lowest BCUT2D eigenvalue weighted by Gasteiger charge is -2.02. The molecule has 0 saturated heterocycles. The topological polar surface area (TPSA) is 17.1 Å². The Morgan fingerprint density at radius 2 is 1.78 bits per heavy atom. The molecular formula is C3HF4IO. The normalized spacial score (nSPS) is 15.2. The van der Waals surface area contributed by atoms with Gasteiger partial charge in [-0.05, 0) is 22.6 Å². The molecule has 0 N–H and O–H groups in total. The highest BCUT2D eigenvalue weighted by molar-refractivity contribution is 14.1. The van der Waals surface area contributed by atoms with Crippen LogP contribution in [-0.2, 0) is 4.79 Å². The molecule has 1 unspecified atom stereocenters. The van der Waals surface area contributed by atoms with Gasteiger partial charge in [-0.1, -0.05) is 0 Å². The van der Waals surface area contributed by atoms with Crippen LogP contribution in [0.1, 0.15) is 0 Å². The average Bonchev–Trinajstić information content (AvgIpc) is 1.62. The molecule has 0 aromatic heterocycles. The molecule has 0 saturated carbocycles. The van der Waals surface area contributed by atoms with Crippen LogP contribution in [0.3, 0.4) is 0 Å². The molecule has 54 valence electrons. The second-order valence-corrected chi connectivity index (χ2v) is 2.26. The highest BCUT2D eigenvalue weighted by Gasteiger charge is 2.42. The minimum atomic E-state index is -5.04. The number of Topliss-reactive ketones (excluding diaryl/α,β-unsaturated/α-hetero) is 1. The van der Waals surface area contributed by atoms with Crippen molar-refractivity contribution in [3.8, 4) is 0 Å². The van der Waals surface area contributed by atoms with Crippen molar-refractivity contribution in [3.63, 3.8) is 0 Å². The molecule has 0 fully saturated rings. The van der Waals surface area contributed by atoms with Crippen LogP contribution in [0.15, 0.2) is 0 Å². The quantitative estimate of drug-likeness (QED) is 0.397. The molecule has 0 heterocycles. The molecule has 0 aromatic rings. The second-order valence-electron chi connectivity index (χ2n) is 1.16. The van der Waals surface area contributed by atoms with Gasteiger partial charge in [-0.2, -0.15) is 13.2 Å². The van der Waals surface area contributed by atoms with Crippen molar-refractivity contribution in [3.05, 3.63) is 0 Å². The Morgan fingerprint density at radius 3 is 1.78 bits per heavy atom. The molecule has 0 aromatic carbocycles. The summed E-state index contributed by atoms with van der Waals surface area (Å²) in [5.74, 6) is -2.34. The number of ketones is 1.